The van der Waals surface area contributed by atoms with Gasteiger partial charge in [-0.2, -0.15) is 0 Å². The molecule has 1 aromatic carbocycles. The molecule has 2 aromatic rings. The highest BCUT2D eigenvalue weighted by molar-refractivity contribution is 7.17. The highest BCUT2D eigenvalue weighted by atomic mass is 32.1. The van der Waals surface area contributed by atoms with Crippen molar-refractivity contribution in [2.24, 2.45) is 5.92 Å². The van der Waals surface area contributed by atoms with E-state index in [4.69, 9.17) is 0 Å². The van der Waals surface area contributed by atoms with Gasteiger partial charge in [0, 0.05) is 23.5 Å². The molecular weight excluding hydrogens is 344 g/mol. The van der Waals surface area contributed by atoms with Crippen molar-refractivity contribution in [3.05, 3.63) is 51.9 Å². The van der Waals surface area contributed by atoms with E-state index in [0.29, 0.717) is 11.5 Å². The number of benzene rings is 1. The third-order valence-electron chi connectivity index (χ3n) is 5.38. The van der Waals surface area contributed by atoms with E-state index in [1.165, 1.54) is 10.4 Å². The number of likely N-dealkylation sites (tertiary alicyclic amines) is 1. The molecule has 4 nitrogen and oxygen atoms in total. The van der Waals surface area contributed by atoms with Gasteiger partial charge in [0.2, 0.25) is 0 Å². The number of carbonyl (C=O) groups excluding carboxylic acids is 2. The van der Waals surface area contributed by atoms with E-state index in [-0.39, 0.29) is 11.8 Å². The van der Waals surface area contributed by atoms with Gasteiger partial charge >= 0.3 is 0 Å². The quantitative estimate of drug-likeness (QED) is 0.875. The molecule has 0 radical (unpaired) electrons. The Labute approximate surface area is 158 Å². The van der Waals surface area contributed by atoms with Crippen LogP contribution in [0, 0.1) is 5.92 Å². The number of nitrogens with zero attached hydrogens (tertiary/aromatic N) is 1. The van der Waals surface area contributed by atoms with Gasteiger partial charge in [0.1, 0.15) is 5.00 Å². The molecule has 1 aliphatic carbocycles. The second-order valence-electron chi connectivity index (χ2n) is 7.38. The molecule has 0 spiro atoms. The first-order valence-corrected chi connectivity index (χ1v) is 10.3. The van der Waals surface area contributed by atoms with Gasteiger partial charge in [0.25, 0.3) is 11.8 Å². The molecule has 1 N–H and O–H groups in total. The van der Waals surface area contributed by atoms with E-state index < -0.39 is 0 Å². The molecule has 4 rings (SSSR count). The van der Waals surface area contributed by atoms with Gasteiger partial charge in [-0.15, -0.1) is 11.3 Å². The van der Waals surface area contributed by atoms with Crippen molar-refractivity contribution in [1.82, 2.24) is 4.90 Å². The van der Waals surface area contributed by atoms with Crippen LogP contribution in [0.2, 0.25) is 0 Å². The van der Waals surface area contributed by atoms with Crippen LogP contribution in [-0.2, 0) is 12.8 Å². The molecular formula is C21H24N2O2S. The van der Waals surface area contributed by atoms with Crippen molar-refractivity contribution in [3.63, 3.8) is 0 Å². The molecule has 5 heteroatoms. The van der Waals surface area contributed by atoms with Crippen LogP contribution in [0.25, 0.3) is 0 Å². The molecule has 0 saturated carbocycles. The summed E-state index contributed by atoms with van der Waals surface area (Å²) in [6.45, 7) is 3.91. The molecule has 1 saturated heterocycles. The van der Waals surface area contributed by atoms with Crippen LogP contribution in [0.3, 0.4) is 0 Å². The normalized spacial score (nSPS) is 19.3. The molecule has 2 amide bonds. The first-order chi connectivity index (χ1) is 12.6. The van der Waals surface area contributed by atoms with Gasteiger partial charge < -0.3 is 10.2 Å². The summed E-state index contributed by atoms with van der Waals surface area (Å²) in [7, 11) is 0. The van der Waals surface area contributed by atoms with E-state index in [1.807, 2.05) is 23.1 Å². The maximum absolute atomic E-state index is 13.2. The SMILES string of the molecule is CC1CCc2c(sc(NC(=O)c3ccccc3)c2C(=O)N2CCCC2)C1. The number of amides is 2. The predicted octanol–water partition coefficient (Wildman–Crippen LogP) is 4.36. The Morgan fingerprint density at radius 2 is 1.88 bits per heavy atom. The molecule has 0 bridgehead atoms. The molecule has 1 atom stereocenters. The molecule has 1 aromatic heterocycles. The number of hydrogen-bond donors (Lipinski definition) is 1. The molecule has 26 heavy (non-hydrogen) atoms. The first-order valence-electron chi connectivity index (χ1n) is 9.43. The maximum atomic E-state index is 13.2. The van der Waals surface area contributed by atoms with E-state index in [2.05, 4.69) is 12.2 Å². The highest BCUT2D eigenvalue weighted by Gasteiger charge is 2.31. The van der Waals surface area contributed by atoms with Crippen LogP contribution in [0.5, 0.6) is 0 Å². The monoisotopic (exact) mass is 368 g/mol. The minimum absolute atomic E-state index is 0.0953. The van der Waals surface area contributed by atoms with E-state index >= 15 is 0 Å². The summed E-state index contributed by atoms with van der Waals surface area (Å²) in [6, 6.07) is 9.20. The Balaban J connectivity index is 1.68. The smallest absolute Gasteiger partial charge is 0.257 e. The van der Waals surface area contributed by atoms with Crippen LogP contribution in [0.15, 0.2) is 30.3 Å². The maximum Gasteiger partial charge on any atom is 0.257 e. The number of anilines is 1. The lowest BCUT2D eigenvalue weighted by Gasteiger charge is -2.21. The molecule has 1 fully saturated rings. The summed E-state index contributed by atoms with van der Waals surface area (Å²) in [5.74, 6) is 0.583. The lowest BCUT2D eigenvalue weighted by atomic mass is 9.88. The molecule has 1 unspecified atom stereocenters. The standard InChI is InChI=1S/C21H24N2O2S/c1-14-9-10-16-17(13-14)26-20(18(16)21(25)23-11-5-6-12-23)22-19(24)15-7-3-2-4-8-15/h2-4,7-8,14H,5-6,9-13H2,1H3,(H,22,24). The second-order valence-corrected chi connectivity index (χ2v) is 8.48. The van der Waals surface area contributed by atoms with E-state index in [0.717, 1.165) is 55.8 Å². The minimum atomic E-state index is -0.146. The van der Waals surface area contributed by atoms with Crippen LogP contribution in [0.4, 0.5) is 5.00 Å². The van der Waals surface area contributed by atoms with E-state index in [9.17, 15) is 9.59 Å². The number of thiophene rings is 1. The number of rotatable bonds is 3. The summed E-state index contributed by atoms with van der Waals surface area (Å²) < 4.78 is 0. The summed E-state index contributed by atoms with van der Waals surface area (Å²) >= 11 is 1.60. The molecule has 2 heterocycles. The summed E-state index contributed by atoms with van der Waals surface area (Å²) in [4.78, 5) is 29.1. The van der Waals surface area contributed by atoms with Gasteiger partial charge in [-0.1, -0.05) is 25.1 Å². The van der Waals surface area contributed by atoms with Crippen molar-refractivity contribution in [3.8, 4) is 0 Å². The fourth-order valence-electron chi connectivity index (χ4n) is 3.91. The average molecular weight is 369 g/mol. The third kappa shape index (κ3) is 3.28. The lowest BCUT2D eigenvalue weighted by molar-refractivity contribution is 0.0793. The number of nitrogens with one attached hydrogen (secondary N) is 1. The summed E-state index contributed by atoms with van der Waals surface area (Å²) in [5.41, 5.74) is 2.54. The van der Waals surface area contributed by atoms with E-state index in [1.54, 1.807) is 23.5 Å². The fraction of sp³-hybridized carbons (Fsp3) is 0.429. The summed E-state index contributed by atoms with van der Waals surface area (Å²) in [5, 5.41) is 3.77. The van der Waals surface area contributed by atoms with Crippen LogP contribution < -0.4 is 5.32 Å². The zero-order valence-corrected chi connectivity index (χ0v) is 15.9. The number of hydrogen-bond acceptors (Lipinski definition) is 3. The zero-order valence-electron chi connectivity index (χ0n) is 15.1. The van der Waals surface area contributed by atoms with Crippen LogP contribution in [-0.4, -0.2) is 29.8 Å². The topological polar surface area (TPSA) is 49.4 Å². The van der Waals surface area contributed by atoms with Crippen LogP contribution >= 0.6 is 11.3 Å². The molecule has 2 aliphatic rings. The lowest BCUT2D eigenvalue weighted by Crippen LogP contribution is -2.29. The van der Waals surface area contributed by atoms with Crippen molar-refractivity contribution in [2.75, 3.05) is 18.4 Å². The summed E-state index contributed by atoms with van der Waals surface area (Å²) in [6.07, 6.45) is 5.18. The van der Waals surface area contributed by atoms with Gasteiger partial charge in [0.15, 0.2) is 0 Å². The Kier molecular flexibility index (Phi) is 4.81. The zero-order chi connectivity index (χ0) is 18.1. The number of carbonyl (C=O) groups is 2. The second kappa shape index (κ2) is 7.23. The van der Waals surface area contributed by atoms with Gasteiger partial charge in [-0.3, -0.25) is 9.59 Å². The molecule has 1 aliphatic heterocycles. The Bertz CT molecular complexity index is 822. The molecule has 136 valence electrons. The Morgan fingerprint density at radius 1 is 1.15 bits per heavy atom. The van der Waals surface area contributed by atoms with Crippen LogP contribution in [0.1, 0.15) is 57.3 Å². The first kappa shape index (κ1) is 17.3. The predicted molar refractivity (Wildman–Crippen MR) is 105 cm³/mol. The van der Waals surface area contributed by atoms with Crippen molar-refractivity contribution in [1.29, 1.82) is 0 Å². The Morgan fingerprint density at radius 3 is 2.62 bits per heavy atom. The van der Waals surface area contributed by atoms with Crippen molar-refractivity contribution >= 4 is 28.2 Å². The van der Waals surface area contributed by atoms with Gasteiger partial charge in [-0.05, 0) is 55.7 Å². The largest absolute Gasteiger partial charge is 0.339 e. The van der Waals surface area contributed by atoms with Crippen molar-refractivity contribution < 1.29 is 9.59 Å². The average Bonchev–Trinajstić information content (AvgIpc) is 3.29. The van der Waals surface area contributed by atoms with Gasteiger partial charge in [-0.25, -0.2) is 0 Å². The van der Waals surface area contributed by atoms with Gasteiger partial charge in [0.05, 0.1) is 5.56 Å². The Hall–Kier alpha value is -2.14. The van der Waals surface area contributed by atoms with Crippen molar-refractivity contribution in [2.45, 2.75) is 39.0 Å². The number of fused-ring (bicyclic) bond motifs is 1. The third-order valence-corrected chi connectivity index (χ3v) is 6.55. The minimum Gasteiger partial charge on any atom is -0.339 e. The fourth-order valence-corrected chi connectivity index (χ4v) is 5.31. The highest BCUT2D eigenvalue weighted by Crippen LogP contribution is 2.40.